The number of hydrogen-bond donors (Lipinski definition) is 1. The van der Waals surface area contributed by atoms with Crippen molar-refractivity contribution in [1.29, 1.82) is 0 Å². The molecule has 0 unspecified atom stereocenters. The summed E-state index contributed by atoms with van der Waals surface area (Å²) in [6.45, 7) is 4.32. The topological polar surface area (TPSA) is 49.7 Å². The van der Waals surface area contributed by atoms with Crippen LogP contribution in [0.5, 0.6) is 5.75 Å². The van der Waals surface area contributed by atoms with Crippen LogP contribution in [0.3, 0.4) is 0 Å². The molecule has 1 saturated carbocycles. The quantitative estimate of drug-likeness (QED) is 0.611. The van der Waals surface area contributed by atoms with Crippen molar-refractivity contribution in [1.82, 2.24) is 0 Å². The first kappa shape index (κ1) is 10.9. The van der Waals surface area contributed by atoms with Crippen molar-refractivity contribution in [3.8, 4) is 5.75 Å². The first-order valence-corrected chi connectivity index (χ1v) is 5.36. The summed E-state index contributed by atoms with van der Waals surface area (Å²) in [5, 5.41) is 9.24. The Labute approximate surface area is 94.8 Å². The fraction of sp³-hybridized carbons (Fsp3) is 0.462. The predicted octanol–water partition coefficient (Wildman–Crippen LogP) is 2.74. The first-order valence-electron chi connectivity index (χ1n) is 5.36. The van der Waals surface area contributed by atoms with E-state index in [0.29, 0.717) is 0 Å². The molecule has 0 radical (unpaired) electrons. The monoisotopic (exact) mass is 217 g/mol. The van der Waals surface area contributed by atoms with E-state index >= 15 is 0 Å². The highest BCUT2D eigenvalue weighted by atomic mass is 16.3. The third kappa shape index (κ3) is 1.74. The van der Waals surface area contributed by atoms with Crippen LogP contribution in [-0.4, -0.2) is 11.2 Å². The van der Waals surface area contributed by atoms with Crippen molar-refractivity contribution in [2.24, 2.45) is 10.4 Å². The largest absolute Gasteiger partial charge is 0.508 e. The van der Waals surface area contributed by atoms with E-state index in [0.717, 1.165) is 18.4 Å². The van der Waals surface area contributed by atoms with Gasteiger partial charge in [0.2, 0.25) is 6.08 Å². The number of carbonyl (C=O) groups excluding carboxylic acids is 1. The van der Waals surface area contributed by atoms with Crippen LogP contribution in [0.25, 0.3) is 0 Å². The van der Waals surface area contributed by atoms with Gasteiger partial charge in [-0.1, -0.05) is 26.0 Å². The average Bonchev–Trinajstić information content (AvgIpc) is 2.16. The van der Waals surface area contributed by atoms with E-state index in [9.17, 15) is 9.90 Å². The van der Waals surface area contributed by atoms with Gasteiger partial charge in [-0.2, -0.15) is 4.99 Å². The molecule has 3 nitrogen and oxygen atoms in total. The Bertz CT molecular complexity index is 434. The van der Waals surface area contributed by atoms with E-state index in [1.54, 1.807) is 18.2 Å². The summed E-state index contributed by atoms with van der Waals surface area (Å²) >= 11 is 0. The number of rotatable bonds is 2. The third-order valence-corrected chi connectivity index (χ3v) is 3.21. The smallest absolute Gasteiger partial charge is 0.235 e. The number of isocyanates is 1. The zero-order chi connectivity index (χ0) is 11.8. The van der Waals surface area contributed by atoms with Gasteiger partial charge in [-0.15, -0.1) is 0 Å². The minimum absolute atomic E-state index is 0.220. The lowest BCUT2D eigenvalue weighted by Crippen LogP contribution is -2.45. The molecule has 1 aromatic rings. The summed E-state index contributed by atoms with van der Waals surface area (Å²) in [4.78, 5) is 14.5. The SMILES string of the molecule is CC1(C)CC(N=C=O)(c2ccc(O)cc2)C1. The summed E-state index contributed by atoms with van der Waals surface area (Å²) in [6.07, 6.45) is 3.37. The summed E-state index contributed by atoms with van der Waals surface area (Å²) in [7, 11) is 0. The van der Waals surface area contributed by atoms with E-state index in [2.05, 4.69) is 18.8 Å². The van der Waals surface area contributed by atoms with Gasteiger partial charge in [0, 0.05) is 0 Å². The molecule has 0 spiro atoms. The molecule has 3 heteroatoms. The Morgan fingerprint density at radius 3 is 2.25 bits per heavy atom. The molecule has 1 aliphatic carbocycles. The van der Waals surface area contributed by atoms with Gasteiger partial charge in [-0.25, -0.2) is 4.79 Å². The second-order valence-corrected chi connectivity index (χ2v) is 5.30. The zero-order valence-corrected chi connectivity index (χ0v) is 9.53. The molecule has 1 aromatic carbocycles. The molecule has 84 valence electrons. The number of aliphatic imine (C=N–C) groups is 1. The fourth-order valence-electron chi connectivity index (χ4n) is 2.74. The highest BCUT2D eigenvalue weighted by Crippen LogP contribution is 2.56. The lowest BCUT2D eigenvalue weighted by atomic mass is 9.57. The Balaban J connectivity index is 2.35. The fourth-order valence-corrected chi connectivity index (χ4v) is 2.74. The number of benzene rings is 1. The molecule has 16 heavy (non-hydrogen) atoms. The number of aromatic hydroxyl groups is 1. The molecule has 1 N–H and O–H groups in total. The highest BCUT2D eigenvalue weighted by molar-refractivity contribution is 5.41. The normalized spacial score (nSPS) is 20.6. The number of hydrogen-bond acceptors (Lipinski definition) is 3. The van der Waals surface area contributed by atoms with Gasteiger partial charge in [-0.3, -0.25) is 0 Å². The van der Waals surface area contributed by atoms with Crippen molar-refractivity contribution in [2.75, 3.05) is 0 Å². The summed E-state index contributed by atoms with van der Waals surface area (Å²) < 4.78 is 0. The first-order chi connectivity index (χ1) is 7.47. The third-order valence-electron chi connectivity index (χ3n) is 3.21. The molecule has 0 aliphatic heterocycles. The maximum Gasteiger partial charge on any atom is 0.235 e. The van der Waals surface area contributed by atoms with Crippen LogP contribution in [0.2, 0.25) is 0 Å². The number of phenols is 1. The molecule has 0 saturated heterocycles. The van der Waals surface area contributed by atoms with E-state index in [1.807, 2.05) is 12.1 Å². The molecule has 0 atom stereocenters. The zero-order valence-electron chi connectivity index (χ0n) is 9.53. The average molecular weight is 217 g/mol. The maximum absolute atomic E-state index is 10.5. The van der Waals surface area contributed by atoms with Crippen LogP contribution in [0.1, 0.15) is 32.3 Å². The van der Waals surface area contributed by atoms with Crippen LogP contribution in [0, 0.1) is 5.41 Å². The van der Waals surface area contributed by atoms with Gasteiger partial charge < -0.3 is 5.11 Å². The van der Waals surface area contributed by atoms with Crippen molar-refractivity contribution in [3.63, 3.8) is 0 Å². The lowest BCUT2D eigenvalue weighted by molar-refractivity contribution is 0.0639. The predicted molar refractivity (Wildman–Crippen MR) is 60.9 cm³/mol. The van der Waals surface area contributed by atoms with Gasteiger partial charge in [0.25, 0.3) is 0 Å². The number of nitrogens with zero attached hydrogens (tertiary/aromatic N) is 1. The van der Waals surface area contributed by atoms with Gasteiger partial charge in [0.1, 0.15) is 5.75 Å². The highest BCUT2D eigenvalue weighted by Gasteiger charge is 2.50. The molecule has 0 heterocycles. The molecule has 1 fully saturated rings. The van der Waals surface area contributed by atoms with E-state index in [1.165, 1.54) is 0 Å². The Morgan fingerprint density at radius 2 is 1.81 bits per heavy atom. The van der Waals surface area contributed by atoms with Crippen LogP contribution in [-0.2, 0) is 10.3 Å². The van der Waals surface area contributed by atoms with Crippen LogP contribution >= 0.6 is 0 Å². The number of phenolic OH excluding ortho intramolecular Hbond substituents is 1. The minimum atomic E-state index is -0.418. The van der Waals surface area contributed by atoms with Crippen LogP contribution in [0.4, 0.5) is 0 Å². The van der Waals surface area contributed by atoms with Gasteiger partial charge in [0.05, 0.1) is 5.54 Å². The molecule has 0 bridgehead atoms. The molecule has 0 aromatic heterocycles. The maximum atomic E-state index is 10.5. The molecular formula is C13H15NO2. The Hall–Kier alpha value is -1.60. The molecule has 2 rings (SSSR count). The minimum Gasteiger partial charge on any atom is -0.508 e. The van der Waals surface area contributed by atoms with Crippen molar-refractivity contribution >= 4 is 6.08 Å². The molecule has 1 aliphatic rings. The summed E-state index contributed by atoms with van der Waals surface area (Å²) in [5.74, 6) is 0.229. The second kappa shape index (κ2) is 3.46. The van der Waals surface area contributed by atoms with Gasteiger partial charge in [0.15, 0.2) is 0 Å². The van der Waals surface area contributed by atoms with Crippen molar-refractivity contribution in [2.45, 2.75) is 32.2 Å². The van der Waals surface area contributed by atoms with E-state index in [-0.39, 0.29) is 11.2 Å². The van der Waals surface area contributed by atoms with Crippen LogP contribution in [0.15, 0.2) is 29.3 Å². The van der Waals surface area contributed by atoms with Gasteiger partial charge >= 0.3 is 0 Å². The van der Waals surface area contributed by atoms with E-state index in [4.69, 9.17) is 0 Å². The Kier molecular flexibility index (Phi) is 2.36. The second-order valence-electron chi connectivity index (χ2n) is 5.30. The van der Waals surface area contributed by atoms with E-state index < -0.39 is 5.54 Å². The van der Waals surface area contributed by atoms with Crippen LogP contribution < -0.4 is 0 Å². The van der Waals surface area contributed by atoms with Crippen molar-refractivity contribution < 1.29 is 9.90 Å². The molecule has 0 amide bonds. The standard InChI is InChI=1S/C13H15NO2/c1-12(2)7-13(8-12,14-9-15)10-3-5-11(16)6-4-10/h3-6,16H,7-8H2,1-2H3. The van der Waals surface area contributed by atoms with Crippen molar-refractivity contribution in [3.05, 3.63) is 29.8 Å². The summed E-state index contributed by atoms with van der Waals surface area (Å²) in [6, 6.07) is 6.91. The van der Waals surface area contributed by atoms with Gasteiger partial charge in [-0.05, 0) is 36.0 Å². The molecular weight excluding hydrogens is 202 g/mol. The Morgan fingerprint density at radius 1 is 1.25 bits per heavy atom. The lowest BCUT2D eigenvalue weighted by Gasteiger charge is -2.50. The summed E-state index contributed by atoms with van der Waals surface area (Å²) in [5.41, 5.74) is 0.782.